The van der Waals surface area contributed by atoms with Crippen molar-refractivity contribution in [2.24, 2.45) is 0 Å². The van der Waals surface area contributed by atoms with E-state index in [-0.39, 0.29) is 25.7 Å². The quantitative estimate of drug-likeness (QED) is 0.828. The van der Waals surface area contributed by atoms with Gasteiger partial charge in [0.15, 0.2) is 29.3 Å². The highest BCUT2D eigenvalue weighted by Crippen LogP contribution is 2.54. The van der Waals surface area contributed by atoms with E-state index in [1.54, 1.807) is 0 Å². The number of rotatable bonds is 1. The fraction of sp³-hybridized carbons (Fsp3) is 0.400. The van der Waals surface area contributed by atoms with E-state index in [9.17, 15) is 5.11 Å². The van der Waals surface area contributed by atoms with E-state index in [1.165, 1.54) is 5.56 Å². The van der Waals surface area contributed by atoms with Gasteiger partial charge < -0.3 is 28.8 Å². The van der Waals surface area contributed by atoms with Crippen LogP contribution in [0.25, 0.3) is 0 Å². The number of aliphatic hydroxyl groups excluding tert-OH is 1. The van der Waals surface area contributed by atoms with Crippen molar-refractivity contribution < 1.29 is 28.8 Å². The molecule has 0 aliphatic carbocycles. The van der Waals surface area contributed by atoms with Crippen LogP contribution in [-0.2, 0) is 11.2 Å². The van der Waals surface area contributed by atoms with Gasteiger partial charge in [-0.25, -0.2) is 0 Å². The molecule has 0 unspecified atom stereocenters. The zero-order valence-electron chi connectivity index (χ0n) is 14.8. The maximum atomic E-state index is 10.6. The molecule has 1 N–H and O–H groups in total. The standard InChI is InChI=1S/C20H19NO6/c1-21-5-4-10-6-14-15(25-8-24-14)7-12(10)17(21)18-11-2-3-13-19(26-9-23-13)16(11)20(22)27-18/h2-3,6-7,17-18,20,22H,4-5,8-9H2,1H3/t17-,18+,20-/m1/s1. The second-order valence-corrected chi connectivity index (χ2v) is 7.29. The Morgan fingerprint density at radius 3 is 2.63 bits per heavy atom. The minimum Gasteiger partial charge on any atom is -0.454 e. The van der Waals surface area contributed by atoms with Gasteiger partial charge in [0.1, 0.15) is 6.10 Å². The lowest BCUT2D eigenvalue weighted by molar-refractivity contribution is -0.142. The Labute approximate surface area is 156 Å². The first kappa shape index (κ1) is 15.6. The predicted molar refractivity (Wildman–Crippen MR) is 93.0 cm³/mol. The summed E-state index contributed by atoms with van der Waals surface area (Å²) >= 11 is 0. The molecule has 0 amide bonds. The number of fused-ring (bicyclic) bond motifs is 5. The fourth-order valence-electron chi connectivity index (χ4n) is 4.60. The lowest BCUT2D eigenvalue weighted by Gasteiger charge is -2.38. The molecule has 6 rings (SSSR count). The van der Waals surface area contributed by atoms with Gasteiger partial charge in [-0.15, -0.1) is 0 Å². The summed E-state index contributed by atoms with van der Waals surface area (Å²) in [5.41, 5.74) is 4.00. The van der Waals surface area contributed by atoms with E-state index in [1.807, 2.05) is 12.1 Å². The van der Waals surface area contributed by atoms with Crippen LogP contribution in [0.5, 0.6) is 23.0 Å². The Balaban J connectivity index is 1.48. The van der Waals surface area contributed by atoms with Crippen LogP contribution in [0.3, 0.4) is 0 Å². The third-order valence-electron chi connectivity index (χ3n) is 5.89. The molecule has 0 saturated heterocycles. The van der Waals surface area contributed by atoms with Crippen LogP contribution in [0.2, 0.25) is 0 Å². The number of hydrogen-bond donors (Lipinski definition) is 1. The molecule has 0 bridgehead atoms. The average molecular weight is 369 g/mol. The van der Waals surface area contributed by atoms with Crippen molar-refractivity contribution in [3.63, 3.8) is 0 Å². The minimum absolute atomic E-state index is 0.0421. The Kier molecular flexibility index (Phi) is 3.18. The molecule has 7 nitrogen and oxygen atoms in total. The number of benzene rings is 2. The molecular formula is C20H19NO6. The van der Waals surface area contributed by atoms with Crippen molar-refractivity contribution in [1.82, 2.24) is 4.90 Å². The van der Waals surface area contributed by atoms with Crippen molar-refractivity contribution in [3.8, 4) is 23.0 Å². The van der Waals surface area contributed by atoms with E-state index < -0.39 is 6.29 Å². The van der Waals surface area contributed by atoms with Gasteiger partial charge in [0.2, 0.25) is 13.6 Å². The van der Waals surface area contributed by atoms with Crippen LogP contribution in [-0.4, -0.2) is 37.2 Å². The molecule has 7 heteroatoms. The predicted octanol–water partition coefficient (Wildman–Crippen LogP) is 2.44. The third-order valence-corrected chi connectivity index (χ3v) is 5.89. The van der Waals surface area contributed by atoms with Crippen LogP contribution in [0.4, 0.5) is 0 Å². The molecule has 4 heterocycles. The van der Waals surface area contributed by atoms with Crippen molar-refractivity contribution in [2.75, 3.05) is 27.2 Å². The number of ether oxygens (including phenoxy) is 5. The van der Waals surface area contributed by atoms with Gasteiger partial charge in [-0.05, 0) is 48.4 Å². The van der Waals surface area contributed by atoms with Crippen molar-refractivity contribution in [1.29, 1.82) is 0 Å². The van der Waals surface area contributed by atoms with Crippen LogP contribution in [0, 0.1) is 0 Å². The molecule has 0 aromatic heterocycles. The summed E-state index contributed by atoms with van der Waals surface area (Å²) < 4.78 is 28.2. The normalized spacial score (nSPS) is 27.6. The molecule has 4 aliphatic rings. The Hall–Kier alpha value is -2.48. The monoisotopic (exact) mass is 369 g/mol. The van der Waals surface area contributed by atoms with Gasteiger partial charge in [-0.3, -0.25) is 4.90 Å². The summed E-state index contributed by atoms with van der Waals surface area (Å²) in [6.07, 6.45) is -0.411. The first-order chi connectivity index (χ1) is 13.2. The molecule has 0 fully saturated rings. The average Bonchev–Trinajstić information content (AvgIpc) is 3.38. The topological polar surface area (TPSA) is 69.6 Å². The van der Waals surface area contributed by atoms with Gasteiger partial charge in [-0.2, -0.15) is 0 Å². The molecule has 0 radical (unpaired) electrons. The Morgan fingerprint density at radius 2 is 1.74 bits per heavy atom. The summed E-state index contributed by atoms with van der Waals surface area (Å²) in [6.45, 7) is 1.32. The number of hydrogen-bond acceptors (Lipinski definition) is 7. The van der Waals surface area contributed by atoms with Crippen molar-refractivity contribution >= 4 is 0 Å². The molecule has 140 valence electrons. The maximum absolute atomic E-state index is 10.6. The lowest BCUT2D eigenvalue weighted by Crippen LogP contribution is -2.35. The van der Waals surface area contributed by atoms with Crippen LogP contribution < -0.4 is 18.9 Å². The van der Waals surface area contributed by atoms with E-state index >= 15 is 0 Å². The zero-order chi connectivity index (χ0) is 18.1. The van der Waals surface area contributed by atoms with Gasteiger partial charge >= 0.3 is 0 Å². The molecule has 4 aliphatic heterocycles. The molecule has 0 saturated carbocycles. The summed E-state index contributed by atoms with van der Waals surface area (Å²) in [7, 11) is 2.08. The Morgan fingerprint density at radius 1 is 0.963 bits per heavy atom. The molecule has 2 aromatic rings. The van der Waals surface area contributed by atoms with E-state index in [0.717, 1.165) is 35.6 Å². The molecule has 2 aromatic carbocycles. The van der Waals surface area contributed by atoms with Crippen molar-refractivity contribution in [2.45, 2.75) is 24.9 Å². The number of nitrogens with zero attached hydrogens (tertiary/aromatic N) is 1. The SMILES string of the molecule is CN1CCc2cc3c(cc2[C@@H]1[C@H]1O[C@@H](O)c2c1ccc1c2OCO1)OCO3. The van der Waals surface area contributed by atoms with Crippen LogP contribution in [0.1, 0.15) is 40.7 Å². The first-order valence-electron chi connectivity index (χ1n) is 9.09. The third kappa shape index (κ3) is 2.13. The summed E-state index contributed by atoms with van der Waals surface area (Å²) in [4.78, 5) is 2.27. The van der Waals surface area contributed by atoms with Gasteiger partial charge in [0.05, 0.1) is 11.6 Å². The van der Waals surface area contributed by atoms with Gasteiger partial charge in [0, 0.05) is 6.54 Å². The van der Waals surface area contributed by atoms with Crippen LogP contribution >= 0.6 is 0 Å². The molecule has 0 spiro atoms. The summed E-state index contributed by atoms with van der Waals surface area (Å²) in [5, 5.41) is 10.6. The van der Waals surface area contributed by atoms with E-state index in [2.05, 4.69) is 24.1 Å². The maximum Gasteiger partial charge on any atom is 0.231 e. The second-order valence-electron chi connectivity index (χ2n) is 7.29. The van der Waals surface area contributed by atoms with Gasteiger partial charge in [-0.1, -0.05) is 6.07 Å². The first-order valence-corrected chi connectivity index (χ1v) is 9.09. The smallest absolute Gasteiger partial charge is 0.231 e. The highest BCUT2D eigenvalue weighted by atomic mass is 16.7. The molecular weight excluding hydrogens is 350 g/mol. The molecule has 3 atom stereocenters. The van der Waals surface area contributed by atoms with E-state index in [0.29, 0.717) is 17.1 Å². The van der Waals surface area contributed by atoms with Crippen LogP contribution in [0.15, 0.2) is 24.3 Å². The van der Waals surface area contributed by atoms with Crippen molar-refractivity contribution in [3.05, 3.63) is 46.5 Å². The zero-order valence-corrected chi connectivity index (χ0v) is 14.8. The second kappa shape index (κ2) is 5.51. The van der Waals surface area contributed by atoms with E-state index in [4.69, 9.17) is 23.7 Å². The lowest BCUT2D eigenvalue weighted by atomic mass is 9.86. The highest BCUT2D eigenvalue weighted by molar-refractivity contribution is 5.56. The largest absolute Gasteiger partial charge is 0.454 e. The summed E-state index contributed by atoms with van der Waals surface area (Å²) in [6, 6.07) is 7.94. The number of likely N-dealkylation sites (N-methyl/N-ethyl adjacent to an activating group) is 1. The highest BCUT2D eigenvalue weighted by Gasteiger charge is 2.44. The molecule has 27 heavy (non-hydrogen) atoms. The number of aliphatic hydroxyl groups is 1. The minimum atomic E-state index is -1.03. The summed E-state index contributed by atoms with van der Waals surface area (Å²) in [5.74, 6) is 2.80. The Bertz CT molecular complexity index is 945. The fourth-order valence-corrected chi connectivity index (χ4v) is 4.60. The van der Waals surface area contributed by atoms with Gasteiger partial charge in [0.25, 0.3) is 0 Å².